The highest BCUT2D eigenvalue weighted by Crippen LogP contribution is 2.21. The van der Waals surface area contributed by atoms with Gasteiger partial charge in [0.2, 0.25) is 0 Å². The number of sulfonamides is 1. The minimum Gasteiger partial charge on any atom is -0.382 e. The third kappa shape index (κ3) is 3.12. The van der Waals surface area contributed by atoms with Gasteiger partial charge in [0.05, 0.1) is 16.9 Å². The maximum Gasteiger partial charge on any atom is 0.263 e. The van der Waals surface area contributed by atoms with E-state index in [1.165, 1.54) is 12.3 Å². The third-order valence-electron chi connectivity index (χ3n) is 2.32. The zero-order chi connectivity index (χ0) is 14.0. The fraction of sp³-hybridized carbons (Fsp3) is 0.0909. The lowest BCUT2D eigenvalue weighted by Crippen LogP contribution is -2.13. The van der Waals surface area contributed by atoms with Crippen molar-refractivity contribution < 1.29 is 8.42 Å². The van der Waals surface area contributed by atoms with Crippen LogP contribution in [-0.4, -0.2) is 18.4 Å². The highest BCUT2D eigenvalue weighted by atomic mass is 35.5. The number of nitrogens with two attached hydrogens (primary N) is 1. The van der Waals surface area contributed by atoms with E-state index >= 15 is 0 Å². The van der Waals surface area contributed by atoms with Crippen molar-refractivity contribution in [3.63, 3.8) is 0 Å². The monoisotopic (exact) mass is 298 g/mol. The van der Waals surface area contributed by atoms with Gasteiger partial charge in [-0.05, 0) is 25.1 Å². The standard InChI is InChI=1S/C11H11ClN4O2S/c1-7-2-3-8(5-14-7)16-19(17,18)9-4-10(12)11(13)15-6-9/h2-6,16H,1H3,(H2,13,15). The molecule has 3 N–H and O–H groups in total. The molecule has 2 aromatic rings. The molecule has 100 valence electrons. The molecule has 0 unspecified atom stereocenters. The molecule has 2 heterocycles. The number of anilines is 2. The van der Waals surface area contributed by atoms with Crippen molar-refractivity contribution in [2.45, 2.75) is 11.8 Å². The first-order valence-electron chi connectivity index (χ1n) is 5.25. The number of nitrogens with one attached hydrogen (secondary N) is 1. The fourth-order valence-corrected chi connectivity index (χ4v) is 2.56. The molecule has 0 atom stereocenters. The Kier molecular flexibility index (Phi) is 3.59. The minimum absolute atomic E-state index is 0.0627. The Morgan fingerprint density at radius 3 is 2.58 bits per heavy atom. The Morgan fingerprint density at radius 2 is 2.00 bits per heavy atom. The van der Waals surface area contributed by atoms with Crippen LogP contribution in [0.15, 0.2) is 35.5 Å². The molecule has 0 aliphatic rings. The molecule has 0 bridgehead atoms. The van der Waals surface area contributed by atoms with Crippen molar-refractivity contribution in [1.82, 2.24) is 9.97 Å². The summed E-state index contributed by atoms with van der Waals surface area (Å²) in [5, 5.41) is 0.0879. The molecule has 0 amide bonds. The summed E-state index contributed by atoms with van der Waals surface area (Å²) >= 11 is 5.75. The molecular formula is C11H11ClN4O2S. The topological polar surface area (TPSA) is 98.0 Å². The average Bonchev–Trinajstić information content (AvgIpc) is 2.35. The van der Waals surface area contributed by atoms with Crippen molar-refractivity contribution in [2.75, 3.05) is 10.5 Å². The summed E-state index contributed by atoms with van der Waals surface area (Å²) in [4.78, 5) is 7.65. The Morgan fingerprint density at radius 1 is 1.26 bits per heavy atom. The molecule has 19 heavy (non-hydrogen) atoms. The fourth-order valence-electron chi connectivity index (χ4n) is 1.32. The summed E-state index contributed by atoms with van der Waals surface area (Å²) in [6.07, 6.45) is 2.57. The summed E-state index contributed by atoms with van der Waals surface area (Å²) in [7, 11) is -3.76. The van der Waals surface area contributed by atoms with Crippen molar-refractivity contribution in [3.8, 4) is 0 Å². The Hall–Kier alpha value is -1.86. The first kappa shape index (κ1) is 13.6. The second-order valence-corrected chi connectivity index (χ2v) is 5.92. The van der Waals surface area contributed by atoms with Gasteiger partial charge in [0.25, 0.3) is 10.0 Å². The number of halogens is 1. The summed E-state index contributed by atoms with van der Waals surface area (Å²) in [6, 6.07) is 4.56. The first-order chi connectivity index (χ1) is 8.88. The van der Waals surface area contributed by atoms with Crippen molar-refractivity contribution in [3.05, 3.63) is 41.3 Å². The molecule has 0 aliphatic carbocycles. The van der Waals surface area contributed by atoms with Gasteiger partial charge in [0, 0.05) is 11.9 Å². The van der Waals surface area contributed by atoms with Gasteiger partial charge in [-0.3, -0.25) is 9.71 Å². The normalized spacial score (nSPS) is 11.3. The molecule has 2 aromatic heterocycles. The lowest BCUT2D eigenvalue weighted by Gasteiger charge is -2.08. The van der Waals surface area contributed by atoms with Crippen LogP contribution in [0.5, 0.6) is 0 Å². The maximum atomic E-state index is 12.1. The van der Waals surface area contributed by atoms with Gasteiger partial charge in [-0.25, -0.2) is 13.4 Å². The van der Waals surface area contributed by atoms with Crippen molar-refractivity contribution in [1.29, 1.82) is 0 Å². The van der Waals surface area contributed by atoms with Crippen LogP contribution >= 0.6 is 11.6 Å². The number of pyridine rings is 2. The number of nitrogen functional groups attached to an aromatic ring is 1. The van der Waals surface area contributed by atoms with E-state index in [-0.39, 0.29) is 15.7 Å². The van der Waals surface area contributed by atoms with E-state index in [4.69, 9.17) is 17.3 Å². The van der Waals surface area contributed by atoms with Gasteiger partial charge in [0.1, 0.15) is 10.7 Å². The molecule has 0 aromatic carbocycles. The molecular weight excluding hydrogens is 288 g/mol. The molecule has 0 fully saturated rings. The molecule has 6 nitrogen and oxygen atoms in total. The second kappa shape index (κ2) is 5.02. The number of hydrogen-bond donors (Lipinski definition) is 2. The third-order valence-corrected chi connectivity index (χ3v) is 3.97. The Balaban J connectivity index is 2.32. The maximum absolute atomic E-state index is 12.1. The molecule has 0 spiro atoms. The lowest BCUT2D eigenvalue weighted by atomic mass is 10.4. The van der Waals surface area contributed by atoms with E-state index < -0.39 is 10.0 Å². The lowest BCUT2D eigenvalue weighted by molar-refractivity contribution is 0.601. The van der Waals surface area contributed by atoms with Crippen LogP contribution in [0.2, 0.25) is 5.02 Å². The molecule has 2 rings (SSSR count). The second-order valence-electron chi connectivity index (χ2n) is 3.83. The number of hydrogen-bond acceptors (Lipinski definition) is 5. The zero-order valence-electron chi connectivity index (χ0n) is 9.96. The van der Waals surface area contributed by atoms with E-state index in [2.05, 4.69) is 14.7 Å². The quantitative estimate of drug-likeness (QED) is 0.900. The van der Waals surface area contributed by atoms with E-state index in [1.807, 2.05) is 6.92 Å². The van der Waals surface area contributed by atoms with Gasteiger partial charge in [-0.1, -0.05) is 11.6 Å². The van der Waals surface area contributed by atoms with Gasteiger partial charge < -0.3 is 5.73 Å². The van der Waals surface area contributed by atoms with Crippen LogP contribution in [0.4, 0.5) is 11.5 Å². The molecule has 0 radical (unpaired) electrons. The molecule has 8 heteroatoms. The highest BCUT2D eigenvalue weighted by Gasteiger charge is 2.16. The van der Waals surface area contributed by atoms with E-state index in [0.717, 1.165) is 11.9 Å². The number of rotatable bonds is 3. The van der Waals surface area contributed by atoms with Gasteiger partial charge >= 0.3 is 0 Å². The van der Waals surface area contributed by atoms with Crippen LogP contribution in [0, 0.1) is 6.92 Å². The number of aromatic nitrogens is 2. The molecule has 0 saturated heterocycles. The van der Waals surface area contributed by atoms with E-state index in [0.29, 0.717) is 5.69 Å². The smallest absolute Gasteiger partial charge is 0.263 e. The first-order valence-corrected chi connectivity index (χ1v) is 7.11. The Bertz CT molecular complexity index is 701. The summed E-state index contributed by atoms with van der Waals surface area (Å²) < 4.78 is 26.5. The zero-order valence-corrected chi connectivity index (χ0v) is 11.5. The summed E-state index contributed by atoms with van der Waals surface area (Å²) in [6.45, 7) is 1.81. The predicted molar refractivity (Wildman–Crippen MR) is 73.4 cm³/mol. The summed E-state index contributed by atoms with van der Waals surface area (Å²) in [5.74, 6) is 0.0811. The average molecular weight is 299 g/mol. The van der Waals surface area contributed by atoms with Crippen LogP contribution in [0.25, 0.3) is 0 Å². The molecule has 0 saturated carbocycles. The van der Waals surface area contributed by atoms with E-state index in [1.54, 1.807) is 12.1 Å². The van der Waals surface area contributed by atoms with Crippen LogP contribution in [-0.2, 0) is 10.0 Å². The minimum atomic E-state index is -3.76. The van der Waals surface area contributed by atoms with E-state index in [9.17, 15) is 8.42 Å². The van der Waals surface area contributed by atoms with Crippen molar-refractivity contribution >= 4 is 33.1 Å². The Labute approximate surface area is 115 Å². The molecule has 0 aliphatic heterocycles. The van der Waals surface area contributed by atoms with Crippen LogP contribution < -0.4 is 10.5 Å². The van der Waals surface area contributed by atoms with Gasteiger partial charge in [0.15, 0.2) is 0 Å². The van der Waals surface area contributed by atoms with Crippen LogP contribution in [0.1, 0.15) is 5.69 Å². The number of aryl methyl sites for hydroxylation is 1. The SMILES string of the molecule is Cc1ccc(NS(=O)(=O)c2cnc(N)c(Cl)c2)cn1. The predicted octanol–water partition coefficient (Wildman–Crippen LogP) is 1.82. The highest BCUT2D eigenvalue weighted by molar-refractivity contribution is 7.92. The number of nitrogens with zero attached hydrogens (tertiary/aromatic N) is 2. The van der Waals surface area contributed by atoms with Crippen molar-refractivity contribution in [2.24, 2.45) is 0 Å². The summed E-state index contributed by atoms with van der Waals surface area (Å²) in [5.41, 5.74) is 6.58. The van der Waals surface area contributed by atoms with Gasteiger partial charge in [-0.15, -0.1) is 0 Å². The largest absolute Gasteiger partial charge is 0.382 e. The van der Waals surface area contributed by atoms with Crippen LogP contribution in [0.3, 0.4) is 0 Å². The van der Waals surface area contributed by atoms with Gasteiger partial charge in [-0.2, -0.15) is 0 Å².